The van der Waals surface area contributed by atoms with Crippen LogP contribution in [0.15, 0.2) is 40.2 Å². The minimum absolute atomic E-state index is 0.0764. The van der Waals surface area contributed by atoms with Crippen LogP contribution < -0.4 is 10.9 Å². The van der Waals surface area contributed by atoms with Gasteiger partial charge in [-0.05, 0) is 68.4 Å². The van der Waals surface area contributed by atoms with Gasteiger partial charge in [0.1, 0.15) is 5.65 Å². The number of nitrogens with one attached hydrogen (secondary N) is 1. The maximum atomic E-state index is 14.3. The van der Waals surface area contributed by atoms with Crippen LogP contribution in [-0.2, 0) is 10.0 Å². The largest absolute Gasteiger partial charge is 0.324 e. The van der Waals surface area contributed by atoms with Gasteiger partial charge in [0.25, 0.3) is 5.56 Å². The van der Waals surface area contributed by atoms with Gasteiger partial charge >= 0.3 is 0 Å². The number of hydrogen-bond donors (Lipinski definition) is 1. The minimum atomic E-state index is -3.55. The number of halogens is 1. The number of benzene rings is 1. The Morgan fingerprint density at radius 2 is 1.80 bits per heavy atom. The fourth-order valence-electron chi connectivity index (χ4n) is 5.08. The van der Waals surface area contributed by atoms with Gasteiger partial charge in [-0.15, -0.1) is 0 Å². The van der Waals surface area contributed by atoms with Gasteiger partial charge in [0.15, 0.2) is 5.82 Å². The lowest BCUT2D eigenvalue weighted by Gasteiger charge is -2.29. The monoisotopic (exact) mass is 499 g/mol. The highest BCUT2D eigenvalue weighted by atomic mass is 32.2. The molecule has 2 aliphatic rings. The van der Waals surface area contributed by atoms with Crippen LogP contribution in [0.3, 0.4) is 0 Å². The zero-order chi connectivity index (χ0) is 24.7. The summed E-state index contributed by atoms with van der Waals surface area (Å²) in [4.78, 5) is 21.7. The Morgan fingerprint density at radius 3 is 2.49 bits per heavy atom. The SMILES string of the molecule is Cc1cc(S(=O)(=O)N2CCC(C)CC2)ccc1Nc1ncc2cc(F)c(=O)n(C3CCCC3)c2n1. The number of pyridine rings is 1. The van der Waals surface area contributed by atoms with Crippen molar-refractivity contribution >= 4 is 32.7 Å². The molecule has 0 spiro atoms. The van der Waals surface area contributed by atoms with Crippen LogP contribution in [0, 0.1) is 18.7 Å². The fourth-order valence-corrected chi connectivity index (χ4v) is 6.63. The summed E-state index contributed by atoms with van der Waals surface area (Å²) in [5.41, 5.74) is 1.13. The summed E-state index contributed by atoms with van der Waals surface area (Å²) in [6.45, 7) is 5.05. The number of sulfonamides is 1. The molecule has 1 aromatic carbocycles. The Hall–Kier alpha value is -2.85. The quantitative estimate of drug-likeness (QED) is 0.555. The first-order valence-electron chi connectivity index (χ1n) is 12.2. The number of piperidine rings is 1. The molecule has 1 aliphatic heterocycles. The second-order valence-electron chi connectivity index (χ2n) is 9.77. The molecule has 2 fully saturated rings. The van der Waals surface area contributed by atoms with E-state index in [0.29, 0.717) is 35.7 Å². The molecule has 5 rings (SSSR count). The van der Waals surface area contributed by atoms with Gasteiger partial charge in [0.2, 0.25) is 16.0 Å². The molecule has 0 amide bonds. The molecule has 35 heavy (non-hydrogen) atoms. The molecule has 10 heteroatoms. The Balaban J connectivity index is 1.45. The summed E-state index contributed by atoms with van der Waals surface area (Å²) in [6.07, 6.45) is 6.86. The lowest BCUT2D eigenvalue weighted by molar-refractivity contribution is 0.288. The summed E-state index contributed by atoms with van der Waals surface area (Å²) < 4.78 is 43.5. The molecule has 0 atom stereocenters. The normalized spacial score (nSPS) is 18.4. The molecule has 1 saturated heterocycles. The summed E-state index contributed by atoms with van der Waals surface area (Å²) in [5.74, 6) is 0.00162. The predicted octanol–water partition coefficient (Wildman–Crippen LogP) is 4.52. The van der Waals surface area contributed by atoms with E-state index in [2.05, 4.69) is 22.2 Å². The number of fused-ring (bicyclic) bond motifs is 1. The van der Waals surface area contributed by atoms with Gasteiger partial charge in [0, 0.05) is 36.4 Å². The lowest BCUT2D eigenvalue weighted by atomic mass is 10.0. The first-order valence-corrected chi connectivity index (χ1v) is 13.6. The van der Waals surface area contributed by atoms with Crippen molar-refractivity contribution < 1.29 is 12.8 Å². The first kappa shape index (κ1) is 23.9. The van der Waals surface area contributed by atoms with Crippen molar-refractivity contribution in [2.24, 2.45) is 5.92 Å². The van der Waals surface area contributed by atoms with Crippen molar-refractivity contribution in [3.05, 3.63) is 52.2 Å². The van der Waals surface area contributed by atoms with Crippen LogP contribution in [0.2, 0.25) is 0 Å². The van der Waals surface area contributed by atoms with E-state index in [1.807, 2.05) is 6.92 Å². The molecule has 1 N–H and O–H groups in total. The maximum Gasteiger partial charge on any atom is 0.288 e. The van der Waals surface area contributed by atoms with E-state index in [1.54, 1.807) is 22.5 Å². The van der Waals surface area contributed by atoms with E-state index in [9.17, 15) is 17.6 Å². The smallest absolute Gasteiger partial charge is 0.288 e. The molecule has 1 aliphatic carbocycles. The van der Waals surface area contributed by atoms with Crippen LogP contribution in [0.4, 0.5) is 16.0 Å². The zero-order valence-corrected chi connectivity index (χ0v) is 20.8. The molecule has 0 bridgehead atoms. The maximum absolute atomic E-state index is 14.3. The summed E-state index contributed by atoms with van der Waals surface area (Å²) in [7, 11) is -3.55. The van der Waals surface area contributed by atoms with E-state index < -0.39 is 21.4 Å². The standard InChI is InChI=1S/C25H30FN5O3S/c1-16-9-11-30(12-10-16)35(33,34)20-7-8-22(17(2)13-20)28-25-27-15-18-14-21(26)24(32)31(23(18)29-25)19-5-3-4-6-19/h7-8,13-16,19H,3-6,9-12H2,1-2H3,(H,27,28,29). The number of hydrogen-bond acceptors (Lipinski definition) is 6. The van der Waals surface area contributed by atoms with Crippen molar-refractivity contribution in [3.8, 4) is 0 Å². The molecular formula is C25H30FN5O3S. The Kier molecular flexibility index (Phi) is 6.35. The van der Waals surface area contributed by atoms with E-state index >= 15 is 0 Å². The van der Waals surface area contributed by atoms with Gasteiger partial charge in [-0.1, -0.05) is 19.8 Å². The summed E-state index contributed by atoms with van der Waals surface area (Å²) >= 11 is 0. The summed E-state index contributed by atoms with van der Waals surface area (Å²) in [5, 5.41) is 3.61. The third-order valence-electron chi connectivity index (χ3n) is 7.24. The van der Waals surface area contributed by atoms with Crippen molar-refractivity contribution in [1.82, 2.24) is 18.8 Å². The molecule has 2 aromatic heterocycles. The van der Waals surface area contributed by atoms with Crippen molar-refractivity contribution in [1.29, 1.82) is 0 Å². The number of aromatic nitrogens is 3. The van der Waals surface area contributed by atoms with Crippen molar-refractivity contribution in [3.63, 3.8) is 0 Å². The zero-order valence-electron chi connectivity index (χ0n) is 20.0. The van der Waals surface area contributed by atoms with Crippen LogP contribution in [0.25, 0.3) is 11.0 Å². The molecule has 1 saturated carbocycles. The van der Waals surface area contributed by atoms with E-state index in [4.69, 9.17) is 0 Å². The topological polar surface area (TPSA) is 97.2 Å². The Morgan fingerprint density at radius 1 is 1.09 bits per heavy atom. The minimum Gasteiger partial charge on any atom is -0.324 e. The average Bonchev–Trinajstić information content (AvgIpc) is 3.36. The van der Waals surface area contributed by atoms with Crippen molar-refractivity contribution in [2.75, 3.05) is 18.4 Å². The van der Waals surface area contributed by atoms with Gasteiger partial charge in [-0.25, -0.2) is 17.8 Å². The molecule has 0 radical (unpaired) electrons. The van der Waals surface area contributed by atoms with Crippen LogP contribution in [0.5, 0.6) is 0 Å². The van der Waals surface area contributed by atoms with Crippen LogP contribution in [-0.4, -0.2) is 40.3 Å². The third-order valence-corrected chi connectivity index (χ3v) is 9.14. The number of nitrogens with zero attached hydrogens (tertiary/aromatic N) is 4. The molecule has 3 heterocycles. The summed E-state index contributed by atoms with van der Waals surface area (Å²) in [6, 6.07) is 6.05. The molecule has 8 nitrogen and oxygen atoms in total. The second kappa shape index (κ2) is 9.31. The number of anilines is 2. The molecule has 186 valence electrons. The van der Waals surface area contributed by atoms with Gasteiger partial charge < -0.3 is 5.32 Å². The third kappa shape index (κ3) is 4.56. The molecular weight excluding hydrogens is 469 g/mol. The van der Waals surface area contributed by atoms with E-state index in [1.165, 1.54) is 16.8 Å². The lowest BCUT2D eigenvalue weighted by Crippen LogP contribution is -2.37. The molecule has 0 unspecified atom stereocenters. The number of rotatable bonds is 5. The Bertz CT molecular complexity index is 1430. The van der Waals surface area contributed by atoms with Gasteiger partial charge in [0.05, 0.1) is 4.90 Å². The highest BCUT2D eigenvalue weighted by Gasteiger charge is 2.28. The first-order chi connectivity index (χ1) is 16.7. The van der Waals surface area contributed by atoms with E-state index in [-0.39, 0.29) is 16.9 Å². The fraction of sp³-hybridized carbons (Fsp3) is 0.480. The van der Waals surface area contributed by atoms with E-state index in [0.717, 1.165) is 44.1 Å². The highest BCUT2D eigenvalue weighted by molar-refractivity contribution is 7.89. The second-order valence-corrected chi connectivity index (χ2v) is 11.7. The highest BCUT2D eigenvalue weighted by Crippen LogP contribution is 2.31. The average molecular weight is 500 g/mol. The van der Waals surface area contributed by atoms with Crippen LogP contribution in [0.1, 0.15) is 57.1 Å². The van der Waals surface area contributed by atoms with Gasteiger partial charge in [-0.3, -0.25) is 9.36 Å². The Labute approximate surface area is 204 Å². The predicted molar refractivity (Wildman–Crippen MR) is 133 cm³/mol. The van der Waals surface area contributed by atoms with Crippen molar-refractivity contribution in [2.45, 2.75) is 63.3 Å². The van der Waals surface area contributed by atoms with Crippen LogP contribution >= 0.6 is 0 Å². The molecule has 3 aromatic rings. The number of aryl methyl sites for hydroxylation is 1. The van der Waals surface area contributed by atoms with Gasteiger partial charge in [-0.2, -0.15) is 9.29 Å².